The number of methoxy groups -OCH3 is 1. The summed E-state index contributed by atoms with van der Waals surface area (Å²) in [6, 6.07) is 6.37. The Morgan fingerprint density at radius 2 is 2.00 bits per heavy atom. The summed E-state index contributed by atoms with van der Waals surface area (Å²) in [6.45, 7) is 0.580. The van der Waals surface area contributed by atoms with Crippen molar-refractivity contribution in [2.75, 3.05) is 25.6 Å². The maximum absolute atomic E-state index is 12.2. The van der Waals surface area contributed by atoms with E-state index in [0.29, 0.717) is 18.7 Å². The standard InChI is InChI=1S/C12H18N2O4P2S/c1-13(20-19)21(16,17)10-5-3-9(4-6-10)14-8-7-11(18-2)12(14)15/h3-6,11,20H,7-8,19H2,1-2H3. The fourth-order valence-corrected chi connectivity index (χ4v) is 5.07. The summed E-state index contributed by atoms with van der Waals surface area (Å²) in [5, 5.41) is 0. The smallest absolute Gasteiger partial charge is 0.256 e. The van der Waals surface area contributed by atoms with Crippen LogP contribution in [0.15, 0.2) is 29.2 Å². The molecule has 0 aromatic heterocycles. The Hall–Kier alpha value is -0.580. The van der Waals surface area contributed by atoms with E-state index in [1.165, 1.54) is 30.4 Å². The van der Waals surface area contributed by atoms with Crippen LogP contribution in [0.2, 0.25) is 0 Å². The summed E-state index contributed by atoms with van der Waals surface area (Å²) in [5.41, 5.74) is 0.689. The predicted octanol–water partition coefficient (Wildman–Crippen LogP) is 1.44. The van der Waals surface area contributed by atoms with Gasteiger partial charge in [-0.05, 0) is 32.7 Å². The number of ether oxygens (including phenoxy) is 1. The van der Waals surface area contributed by atoms with Crippen molar-refractivity contribution in [1.29, 1.82) is 0 Å². The van der Waals surface area contributed by atoms with Gasteiger partial charge in [0.1, 0.15) is 6.10 Å². The van der Waals surface area contributed by atoms with E-state index in [1.54, 1.807) is 17.0 Å². The minimum atomic E-state index is -3.46. The molecule has 0 spiro atoms. The van der Waals surface area contributed by atoms with E-state index >= 15 is 0 Å². The SMILES string of the molecule is COC1CCN(c2ccc(S(=O)(=O)N(C)PP)cc2)C1=O. The fourth-order valence-electron chi connectivity index (χ4n) is 2.15. The molecule has 1 amide bonds. The number of hydrogen-bond donors (Lipinski definition) is 0. The molecule has 1 fully saturated rings. The largest absolute Gasteiger partial charge is 0.372 e. The summed E-state index contributed by atoms with van der Waals surface area (Å²) in [6.07, 6.45) is 0.240. The Labute approximate surface area is 128 Å². The monoisotopic (exact) mass is 348 g/mol. The van der Waals surface area contributed by atoms with Gasteiger partial charge in [0.2, 0.25) is 10.0 Å². The average Bonchev–Trinajstić information content (AvgIpc) is 2.87. The maximum Gasteiger partial charge on any atom is 0.256 e. The van der Waals surface area contributed by atoms with E-state index in [9.17, 15) is 13.2 Å². The molecule has 0 saturated carbocycles. The number of nitrogens with zero attached hydrogens (tertiary/aromatic N) is 2. The van der Waals surface area contributed by atoms with Gasteiger partial charge in [0.15, 0.2) is 0 Å². The zero-order valence-corrected chi connectivity index (χ0v) is 14.8. The number of carbonyl (C=O) groups is 1. The van der Waals surface area contributed by atoms with E-state index in [2.05, 4.69) is 8.93 Å². The molecular formula is C12H18N2O4P2S. The summed E-state index contributed by atoms with van der Waals surface area (Å²) >= 11 is 0. The van der Waals surface area contributed by atoms with Crippen LogP contribution in [0.5, 0.6) is 0 Å². The molecular weight excluding hydrogens is 330 g/mol. The molecule has 3 atom stereocenters. The molecule has 0 aliphatic carbocycles. The summed E-state index contributed by atoms with van der Waals surface area (Å²) in [4.78, 5) is 13.9. The number of hydrogen-bond acceptors (Lipinski definition) is 4. The Bertz CT molecular complexity index is 621. The zero-order valence-electron chi connectivity index (χ0n) is 11.8. The van der Waals surface area contributed by atoms with E-state index in [1.807, 2.05) is 0 Å². The van der Waals surface area contributed by atoms with Crippen molar-refractivity contribution < 1.29 is 17.9 Å². The van der Waals surface area contributed by atoms with E-state index in [4.69, 9.17) is 4.74 Å². The van der Waals surface area contributed by atoms with Crippen LogP contribution in [0.25, 0.3) is 0 Å². The van der Waals surface area contributed by atoms with Gasteiger partial charge in [-0.25, -0.2) is 8.42 Å². The maximum atomic E-state index is 12.2. The molecule has 1 aliphatic rings. The van der Waals surface area contributed by atoms with Crippen molar-refractivity contribution in [3.8, 4) is 0 Å². The number of amides is 1. The summed E-state index contributed by atoms with van der Waals surface area (Å²) in [7, 11) is 2.07. The summed E-state index contributed by atoms with van der Waals surface area (Å²) in [5.74, 6) is -0.0864. The zero-order chi connectivity index (χ0) is 15.6. The van der Waals surface area contributed by atoms with Gasteiger partial charge in [-0.15, -0.1) is 0 Å². The molecule has 21 heavy (non-hydrogen) atoms. The van der Waals surface area contributed by atoms with Crippen molar-refractivity contribution >= 4 is 39.0 Å². The third-order valence-electron chi connectivity index (χ3n) is 3.43. The molecule has 6 nitrogen and oxygen atoms in total. The molecule has 0 N–H and O–H groups in total. The Kier molecular flexibility index (Phi) is 5.33. The molecule has 2 rings (SSSR count). The highest BCUT2D eigenvalue weighted by atomic mass is 32.2. The van der Waals surface area contributed by atoms with Crippen molar-refractivity contribution in [1.82, 2.24) is 4.08 Å². The molecule has 0 bridgehead atoms. The van der Waals surface area contributed by atoms with Crippen molar-refractivity contribution in [3.05, 3.63) is 24.3 Å². The van der Waals surface area contributed by atoms with Crippen LogP contribution in [0.1, 0.15) is 6.42 Å². The number of rotatable bonds is 5. The van der Waals surface area contributed by atoms with Crippen LogP contribution in [0.3, 0.4) is 0 Å². The van der Waals surface area contributed by atoms with Crippen LogP contribution in [0.4, 0.5) is 5.69 Å². The first kappa shape index (κ1) is 16.8. The molecule has 1 heterocycles. The van der Waals surface area contributed by atoms with E-state index in [0.717, 1.165) is 0 Å². The normalized spacial score (nSPS) is 20.1. The molecule has 9 heteroatoms. The number of benzene rings is 1. The molecule has 0 radical (unpaired) electrons. The topological polar surface area (TPSA) is 66.9 Å². The number of anilines is 1. The molecule has 116 valence electrons. The first-order chi connectivity index (χ1) is 9.91. The first-order valence-corrected chi connectivity index (χ1v) is 10.5. The molecule has 1 aromatic rings. The highest BCUT2D eigenvalue weighted by Gasteiger charge is 2.32. The minimum Gasteiger partial charge on any atom is -0.372 e. The van der Waals surface area contributed by atoms with Gasteiger partial charge in [-0.3, -0.25) is 4.79 Å². The highest BCUT2D eigenvalue weighted by Crippen LogP contribution is 2.32. The van der Waals surface area contributed by atoms with Crippen LogP contribution >= 0.6 is 17.3 Å². The lowest BCUT2D eigenvalue weighted by Crippen LogP contribution is -2.30. The van der Waals surface area contributed by atoms with Gasteiger partial charge in [-0.1, -0.05) is 8.93 Å². The van der Waals surface area contributed by atoms with E-state index in [-0.39, 0.29) is 19.2 Å². The van der Waals surface area contributed by atoms with Gasteiger partial charge < -0.3 is 9.64 Å². The molecule has 1 saturated heterocycles. The van der Waals surface area contributed by atoms with Crippen molar-refractivity contribution in [2.24, 2.45) is 0 Å². The Morgan fingerprint density at radius 3 is 2.48 bits per heavy atom. The van der Waals surface area contributed by atoms with Crippen LogP contribution < -0.4 is 4.90 Å². The summed E-state index contributed by atoms with van der Waals surface area (Å²) < 4.78 is 30.7. The number of sulfonamides is 1. The van der Waals surface area contributed by atoms with Crippen LogP contribution in [-0.2, 0) is 19.6 Å². The lowest BCUT2D eigenvalue weighted by atomic mass is 10.3. The molecule has 1 aliphatic heterocycles. The van der Waals surface area contributed by atoms with Gasteiger partial charge in [-0.2, -0.15) is 4.08 Å². The Morgan fingerprint density at radius 1 is 1.38 bits per heavy atom. The fraction of sp³-hybridized carbons (Fsp3) is 0.417. The molecule has 1 aromatic carbocycles. The van der Waals surface area contributed by atoms with E-state index < -0.39 is 16.1 Å². The predicted molar refractivity (Wildman–Crippen MR) is 87.2 cm³/mol. The quantitative estimate of drug-likeness (QED) is 0.756. The van der Waals surface area contributed by atoms with Gasteiger partial charge in [0.05, 0.1) is 4.90 Å². The van der Waals surface area contributed by atoms with Crippen LogP contribution in [0, 0.1) is 0 Å². The van der Waals surface area contributed by atoms with Gasteiger partial charge in [0, 0.05) is 32.8 Å². The third kappa shape index (κ3) is 3.27. The lowest BCUT2D eigenvalue weighted by molar-refractivity contribution is -0.125. The third-order valence-corrected chi connectivity index (χ3v) is 8.14. The first-order valence-electron chi connectivity index (χ1n) is 6.31. The highest BCUT2D eigenvalue weighted by molar-refractivity contribution is 8.08. The second-order valence-electron chi connectivity index (χ2n) is 4.60. The second kappa shape index (κ2) is 6.67. The number of carbonyl (C=O) groups excluding carboxylic acids is 1. The molecule has 3 unspecified atom stereocenters. The van der Waals surface area contributed by atoms with Gasteiger partial charge >= 0.3 is 0 Å². The lowest BCUT2D eigenvalue weighted by Gasteiger charge is -2.18. The van der Waals surface area contributed by atoms with Crippen LogP contribution in [-0.4, -0.2) is 45.2 Å². The van der Waals surface area contributed by atoms with Gasteiger partial charge in [0.25, 0.3) is 5.91 Å². The minimum absolute atomic E-state index is 0.0846. The second-order valence-corrected chi connectivity index (χ2v) is 8.60. The average molecular weight is 348 g/mol. The Balaban J connectivity index is 2.23. The van der Waals surface area contributed by atoms with Crippen molar-refractivity contribution in [2.45, 2.75) is 17.4 Å². The van der Waals surface area contributed by atoms with Crippen molar-refractivity contribution in [3.63, 3.8) is 0 Å².